The van der Waals surface area contributed by atoms with E-state index in [4.69, 9.17) is 13.9 Å². The lowest BCUT2D eigenvalue weighted by atomic mass is 9.78. The van der Waals surface area contributed by atoms with E-state index in [-0.39, 0.29) is 23.1 Å². The number of carbonyl (C=O) groups excluding carboxylic acids is 2. The van der Waals surface area contributed by atoms with Crippen LogP contribution in [0.4, 0.5) is 0 Å². The molecule has 29 heavy (non-hydrogen) atoms. The first-order chi connectivity index (χ1) is 14.0. The summed E-state index contributed by atoms with van der Waals surface area (Å²) in [6.07, 6.45) is 6.40. The molecule has 1 aliphatic carbocycles. The molecule has 0 atom stereocenters. The molecule has 4 rings (SSSR count). The minimum atomic E-state index is -0.353. The molecule has 156 valence electrons. The topological polar surface area (TPSA) is 77.8 Å². The van der Waals surface area contributed by atoms with Gasteiger partial charge in [-0.25, -0.2) is 0 Å². The first-order valence-electron chi connectivity index (χ1n) is 10.7. The van der Waals surface area contributed by atoms with Gasteiger partial charge in [0.1, 0.15) is 16.9 Å². The van der Waals surface area contributed by atoms with Crippen molar-refractivity contribution in [2.24, 2.45) is 0 Å². The van der Waals surface area contributed by atoms with Crippen molar-refractivity contribution < 1.29 is 23.5 Å². The Morgan fingerprint density at radius 3 is 2.79 bits per heavy atom. The van der Waals surface area contributed by atoms with E-state index in [1.54, 1.807) is 0 Å². The van der Waals surface area contributed by atoms with Gasteiger partial charge in [-0.05, 0) is 58.1 Å². The maximum atomic E-state index is 13.1. The van der Waals surface area contributed by atoms with E-state index < -0.39 is 0 Å². The monoisotopic (exact) mass is 399 g/mol. The van der Waals surface area contributed by atoms with Crippen LogP contribution >= 0.6 is 0 Å². The number of nitrogens with one attached hydrogen (secondary N) is 1. The second-order valence-electron chi connectivity index (χ2n) is 8.12. The summed E-state index contributed by atoms with van der Waals surface area (Å²) in [5, 5.41) is 3.57. The van der Waals surface area contributed by atoms with Gasteiger partial charge < -0.3 is 19.2 Å². The summed E-state index contributed by atoms with van der Waals surface area (Å²) in [7, 11) is 0. The highest BCUT2D eigenvalue weighted by Gasteiger charge is 2.42. The van der Waals surface area contributed by atoms with Crippen molar-refractivity contribution >= 4 is 22.7 Å². The fourth-order valence-electron chi connectivity index (χ4n) is 4.63. The molecule has 0 bridgehead atoms. The molecule has 2 aliphatic rings. The van der Waals surface area contributed by atoms with Crippen LogP contribution in [0.3, 0.4) is 0 Å². The van der Waals surface area contributed by atoms with E-state index in [9.17, 15) is 9.59 Å². The van der Waals surface area contributed by atoms with Crippen LogP contribution in [0.15, 0.2) is 16.5 Å². The summed E-state index contributed by atoms with van der Waals surface area (Å²) < 4.78 is 17.5. The average Bonchev–Trinajstić information content (AvgIpc) is 3.05. The van der Waals surface area contributed by atoms with Crippen LogP contribution in [0.5, 0.6) is 5.75 Å². The summed E-state index contributed by atoms with van der Waals surface area (Å²) in [5.74, 6) is 0.710. The van der Waals surface area contributed by atoms with Gasteiger partial charge in [0, 0.05) is 30.7 Å². The quantitative estimate of drug-likeness (QED) is 0.720. The Hall–Kier alpha value is -2.34. The van der Waals surface area contributed by atoms with Crippen LogP contribution in [-0.4, -0.2) is 37.0 Å². The zero-order valence-corrected chi connectivity index (χ0v) is 17.3. The SMILES string of the molecule is CCOCCCNC(=O)c1oc2ccc3c(c2c1C)C(=O)CC1(CCCCC1)O3. The molecule has 6 nitrogen and oxygen atoms in total. The van der Waals surface area contributed by atoms with Crippen LogP contribution in [0.2, 0.25) is 0 Å². The van der Waals surface area contributed by atoms with E-state index in [1.165, 1.54) is 6.42 Å². The van der Waals surface area contributed by atoms with Crippen molar-refractivity contribution in [1.29, 1.82) is 0 Å². The number of hydrogen-bond acceptors (Lipinski definition) is 5. The molecule has 1 spiro atoms. The third-order valence-electron chi connectivity index (χ3n) is 6.07. The lowest BCUT2D eigenvalue weighted by Gasteiger charge is -2.40. The van der Waals surface area contributed by atoms with Gasteiger partial charge in [0.2, 0.25) is 0 Å². The summed E-state index contributed by atoms with van der Waals surface area (Å²) in [4.78, 5) is 25.7. The number of Topliss-reactive ketones (excluding diaryl/α,β-unsaturated/α-hetero) is 1. The number of benzene rings is 1. The second kappa shape index (κ2) is 8.19. The van der Waals surface area contributed by atoms with Crippen molar-refractivity contribution in [2.75, 3.05) is 19.8 Å². The molecule has 2 heterocycles. The number of rotatable bonds is 6. The molecule has 1 aromatic carbocycles. The number of aryl methyl sites for hydroxylation is 1. The van der Waals surface area contributed by atoms with Gasteiger partial charge in [0.15, 0.2) is 11.5 Å². The van der Waals surface area contributed by atoms with Crippen LogP contribution < -0.4 is 10.1 Å². The molecule has 0 radical (unpaired) electrons. The van der Waals surface area contributed by atoms with Crippen molar-refractivity contribution in [3.05, 3.63) is 29.0 Å². The maximum absolute atomic E-state index is 13.1. The van der Waals surface area contributed by atoms with E-state index in [0.29, 0.717) is 54.0 Å². The molecule has 0 saturated heterocycles. The predicted octanol–water partition coefficient (Wildman–Crippen LogP) is 4.57. The molecule has 1 saturated carbocycles. The van der Waals surface area contributed by atoms with Gasteiger partial charge in [-0.1, -0.05) is 6.42 Å². The lowest BCUT2D eigenvalue weighted by molar-refractivity contribution is 0.0139. The van der Waals surface area contributed by atoms with Crippen molar-refractivity contribution in [2.45, 2.75) is 64.4 Å². The largest absolute Gasteiger partial charge is 0.486 e. The molecule has 1 fully saturated rings. The Kier molecular flexibility index (Phi) is 5.63. The average molecular weight is 399 g/mol. The fourth-order valence-corrected chi connectivity index (χ4v) is 4.63. The minimum Gasteiger partial charge on any atom is -0.486 e. The van der Waals surface area contributed by atoms with Crippen LogP contribution in [0.1, 0.15) is 78.3 Å². The number of fused-ring (bicyclic) bond motifs is 3. The molecule has 1 aromatic heterocycles. The number of carbonyl (C=O) groups is 2. The van der Waals surface area contributed by atoms with Crippen molar-refractivity contribution in [3.8, 4) is 5.75 Å². The van der Waals surface area contributed by atoms with Gasteiger partial charge >= 0.3 is 0 Å². The first kappa shape index (κ1) is 20.0. The number of furan rings is 1. The van der Waals surface area contributed by atoms with Gasteiger partial charge in [0.05, 0.1) is 12.0 Å². The molecular weight excluding hydrogens is 370 g/mol. The lowest BCUT2D eigenvalue weighted by Crippen LogP contribution is -2.43. The van der Waals surface area contributed by atoms with Crippen molar-refractivity contribution in [1.82, 2.24) is 5.32 Å². The zero-order valence-electron chi connectivity index (χ0n) is 17.3. The van der Waals surface area contributed by atoms with Crippen LogP contribution in [0, 0.1) is 6.92 Å². The third-order valence-corrected chi connectivity index (χ3v) is 6.07. The zero-order chi connectivity index (χ0) is 20.4. The Labute approximate surface area is 170 Å². The van der Waals surface area contributed by atoms with Crippen LogP contribution in [0.25, 0.3) is 11.0 Å². The predicted molar refractivity (Wildman–Crippen MR) is 110 cm³/mol. The fraction of sp³-hybridized carbons (Fsp3) is 0.565. The number of ketones is 1. The smallest absolute Gasteiger partial charge is 0.287 e. The van der Waals surface area contributed by atoms with Crippen molar-refractivity contribution in [3.63, 3.8) is 0 Å². The normalized spacial score (nSPS) is 17.9. The Morgan fingerprint density at radius 2 is 2.03 bits per heavy atom. The Morgan fingerprint density at radius 1 is 1.24 bits per heavy atom. The summed E-state index contributed by atoms with van der Waals surface area (Å²) in [6, 6.07) is 3.62. The van der Waals surface area contributed by atoms with E-state index in [1.807, 2.05) is 26.0 Å². The Balaban J connectivity index is 1.60. The highest BCUT2D eigenvalue weighted by Crippen LogP contribution is 2.45. The summed E-state index contributed by atoms with van der Waals surface area (Å²) in [5.41, 5.74) is 1.46. The highest BCUT2D eigenvalue weighted by atomic mass is 16.5. The van der Waals surface area contributed by atoms with E-state index >= 15 is 0 Å². The number of ether oxygens (including phenoxy) is 2. The second-order valence-corrected chi connectivity index (χ2v) is 8.12. The molecule has 0 unspecified atom stereocenters. The first-order valence-corrected chi connectivity index (χ1v) is 10.7. The summed E-state index contributed by atoms with van der Waals surface area (Å²) in [6.45, 7) is 5.56. The molecule has 6 heteroatoms. The molecule has 1 N–H and O–H groups in total. The van der Waals surface area contributed by atoms with E-state index in [2.05, 4.69) is 5.32 Å². The van der Waals surface area contributed by atoms with Gasteiger partial charge in [-0.15, -0.1) is 0 Å². The summed E-state index contributed by atoms with van der Waals surface area (Å²) >= 11 is 0. The Bertz CT molecular complexity index is 923. The van der Waals surface area contributed by atoms with Gasteiger partial charge in [-0.3, -0.25) is 9.59 Å². The minimum absolute atomic E-state index is 0.0892. The number of hydrogen-bond donors (Lipinski definition) is 1. The molecule has 1 amide bonds. The van der Waals surface area contributed by atoms with Gasteiger partial charge in [-0.2, -0.15) is 0 Å². The molecule has 2 aromatic rings. The highest BCUT2D eigenvalue weighted by molar-refractivity contribution is 6.13. The molecular formula is C23H29NO5. The number of amides is 1. The standard InChI is InChI=1S/C23H29NO5/c1-3-27-13-7-12-24-22(26)21-15(2)19-17(28-21)8-9-18-20(19)16(25)14-23(29-18)10-5-4-6-11-23/h8-9H,3-7,10-14H2,1-2H3,(H,24,26). The third kappa shape index (κ3) is 3.78. The molecule has 1 aliphatic heterocycles. The van der Waals surface area contributed by atoms with E-state index in [0.717, 1.165) is 32.1 Å². The van der Waals surface area contributed by atoms with Gasteiger partial charge in [0.25, 0.3) is 5.91 Å². The maximum Gasteiger partial charge on any atom is 0.287 e. The van der Waals surface area contributed by atoms with Crippen LogP contribution in [-0.2, 0) is 4.74 Å².